The SMILES string of the molecule is CCC(NC=O)(c1ccc(F)cc1)C(C)C. The molecule has 0 bridgehead atoms. The van der Waals surface area contributed by atoms with Gasteiger partial charge in [0, 0.05) is 0 Å². The summed E-state index contributed by atoms with van der Waals surface area (Å²) in [5.74, 6) is -0.0169. The molecule has 0 fully saturated rings. The largest absolute Gasteiger partial charge is 0.349 e. The Morgan fingerprint density at radius 3 is 2.31 bits per heavy atom. The third-order valence-electron chi connectivity index (χ3n) is 3.22. The molecule has 3 heteroatoms. The number of rotatable bonds is 5. The van der Waals surface area contributed by atoms with Crippen molar-refractivity contribution in [3.63, 3.8) is 0 Å². The molecule has 1 amide bonds. The molecule has 1 aromatic rings. The first-order chi connectivity index (χ1) is 7.56. The van der Waals surface area contributed by atoms with Crippen LogP contribution in [0.1, 0.15) is 32.8 Å². The molecule has 1 N–H and O–H groups in total. The van der Waals surface area contributed by atoms with E-state index in [9.17, 15) is 9.18 Å². The van der Waals surface area contributed by atoms with Crippen LogP contribution in [0.25, 0.3) is 0 Å². The number of carbonyl (C=O) groups is 1. The van der Waals surface area contributed by atoms with E-state index in [1.54, 1.807) is 12.1 Å². The molecule has 0 aromatic heterocycles. The van der Waals surface area contributed by atoms with Crippen LogP contribution in [-0.2, 0) is 10.3 Å². The average molecular weight is 223 g/mol. The van der Waals surface area contributed by atoms with E-state index in [0.29, 0.717) is 6.41 Å². The number of hydrogen-bond donors (Lipinski definition) is 1. The maximum atomic E-state index is 12.9. The van der Waals surface area contributed by atoms with Crippen molar-refractivity contribution in [2.75, 3.05) is 0 Å². The fourth-order valence-corrected chi connectivity index (χ4v) is 2.15. The van der Waals surface area contributed by atoms with Gasteiger partial charge in [0.05, 0.1) is 5.54 Å². The minimum atomic E-state index is -0.407. The van der Waals surface area contributed by atoms with Gasteiger partial charge in [-0.1, -0.05) is 32.9 Å². The van der Waals surface area contributed by atoms with Crippen molar-refractivity contribution in [2.24, 2.45) is 5.92 Å². The van der Waals surface area contributed by atoms with Gasteiger partial charge in [-0.3, -0.25) is 4.79 Å². The van der Waals surface area contributed by atoms with Crippen LogP contribution in [0.4, 0.5) is 4.39 Å². The second-order valence-electron chi connectivity index (χ2n) is 4.25. The van der Waals surface area contributed by atoms with Crippen molar-refractivity contribution in [1.82, 2.24) is 5.32 Å². The van der Waals surface area contributed by atoms with E-state index >= 15 is 0 Å². The van der Waals surface area contributed by atoms with Crippen molar-refractivity contribution in [3.8, 4) is 0 Å². The molecule has 88 valence electrons. The summed E-state index contributed by atoms with van der Waals surface area (Å²) in [7, 11) is 0. The lowest BCUT2D eigenvalue weighted by molar-refractivity contribution is -0.112. The van der Waals surface area contributed by atoms with Gasteiger partial charge in [0.1, 0.15) is 5.82 Å². The highest BCUT2D eigenvalue weighted by Crippen LogP contribution is 2.32. The number of nitrogens with one attached hydrogen (secondary N) is 1. The molecule has 1 aromatic carbocycles. The normalized spacial score (nSPS) is 14.6. The number of hydrogen-bond acceptors (Lipinski definition) is 1. The van der Waals surface area contributed by atoms with E-state index in [0.717, 1.165) is 12.0 Å². The maximum absolute atomic E-state index is 12.9. The maximum Gasteiger partial charge on any atom is 0.207 e. The number of benzene rings is 1. The van der Waals surface area contributed by atoms with E-state index in [-0.39, 0.29) is 11.7 Å². The molecule has 0 saturated carbocycles. The van der Waals surface area contributed by atoms with Gasteiger partial charge >= 0.3 is 0 Å². The molecule has 2 nitrogen and oxygen atoms in total. The summed E-state index contributed by atoms with van der Waals surface area (Å²) in [6.07, 6.45) is 1.49. The Bertz CT molecular complexity index is 347. The van der Waals surface area contributed by atoms with Crippen molar-refractivity contribution < 1.29 is 9.18 Å². The quantitative estimate of drug-likeness (QED) is 0.764. The van der Waals surface area contributed by atoms with Crippen LogP contribution in [0.5, 0.6) is 0 Å². The Kier molecular flexibility index (Phi) is 4.05. The van der Waals surface area contributed by atoms with Crippen molar-refractivity contribution in [2.45, 2.75) is 32.7 Å². The average Bonchev–Trinajstić information content (AvgIpc) is 2.27. The molecule has 0 aliphatic heterocycles. The Balaban J connectivity index is 3.18. The first-order valence-corrected chi connectivity index (χ1v) is 5.54. The van der Waals surface area contributed by atoms with Gasteiger partial charge in [0.25, 0.3) is 0 Å². The summed E-state index contributed by atoms with van der Waals surface area (Å²) < 4.78 is 12.9. The standard InChI is InChI=1S/C13H18FNO/c1-4-13(10(2)3,15-9-16)11-5-7-12(14)8-6-11/h5-10H,4H2,1-3H3,(H,15,16). The van der Waals surface area contributed by atoms with E-state index < -0.39 is 5.54 Å². The Hall–Kier alpha value is -1.38. The first-order valence-electron chi connectivity index (χ1n) is 5.54. The van der Waals surface area contributed by atoms with Gasteiger partial charge in [-0.2, -0.15) is 0 Å². The molecule has 0 spiro atoms. The van der Waals surface area contributed by atoms with Crippen LogP contribution in [0.2, 0.25) is 0 Å². The van der Waals surface area contributed by atoms with Crippen LogP contribution in [0.3, 0.4) is 0 Å². The minimum absolute atomic E-state index is 0.244. The summed E-state index contributed by atoms with van der Waals surface area (Å²) in [6.45, 7) is 6.10. The zero-order valence-electron chi connectivity index (χ0n) is 9.96. The summed E-state index contributed by atoms with van der Waals surface area (Å²) in [4.78, 5) is 10.7. The summed E-state index contributed by atoms with van der Waals surface area (Å²) in [5.41, 5.74) is 0.536. The second kappa shape index (κ2) is 5.10. The molecule has 0 radical (unpaired) electrons. The third kappa shape index (κ3) is 2.23. The van der Waals surface area contributed by atoms with Crippen LogP contribution in [-0.4, -0.2) is 6.41 Å². The van der Waals surface area contributed by atoms with Gasteiger partial charge < -0.3 is 5.32 Å². The molecule has 16 heavy (non-hydrogen) atoms. The Morgan fingerprint density at radius 1 is 1.38 bits per heavy atom. The lowest BCUT2D eigenvalue weighted by atomic mass is 9.78. The van der Waals surface area contributed by atoms with Crippen LogP contribution in [0, 0.1) is 11.7 Å². The molecule has 0 saturated heterocycles. The predicted molar refractivity (Wildman–Crippen MR) is 62.4 cm³/mol. The monoisotopic (exact) mass is 223 g/mol. The van der Waals surface area contributed by atoms with Gasteiger partial charge in [0.15, 0.2) is 0 Å². The van der Waals surface area contributed by atoms with E-state index in [4.69, 9.17) is 0 Å². The molecule has 1 rings (SSSR count). The van der Waals surface area contributed by atoms with Crippen LogP contribution in [0.15, 0.2) is 24.3 Å². The van der Waals surface area contributed by atoms with Gasteiger partial charge in [-0.05, 0) is 30.0 Å². The smallest absolute Gasteiger partial charge is 0.207 e. The first kappa shape index (κ1) is 12.7. The highest BCUT2D eigenvalue weighted by Gasteiger charge is 2.33. The molecule has 1 atom stereocenters. The fraction of sp³-hybridized carbons (Fsp3) is 0.462. The van der Waals surface area contributed by atoms with Gasteiger partial charge in [0.2, 0.25) is 6.41 Å². The molecule has 1 unspecified atom stereocenters. The zero-order valence-corrected chi connectivity index (χ0v) is 9.96. The van der Waals surface area contributed by atoms with Crippen LogP contribution >= 0.6 is 0 Å². The number of carbonyl (C=O) groups excluding carboxylic acids is 1. The van der Waals surface area contributed by atoms with Gasteiger partial charge in [-0.25, -0.2) is 4.39 Å². The fourth-order valence-electron chi connectivity index (χ4n) is 2.15. The summed E-state index contributed by atoms with van der Waals surface area (Å²) in [6, 6.07) is 6.31. The second-order valence-corrected chi connectivity index (χ2v) is 4.25. The molecular formula is C13H18FNO. The third-order valence-corrected chi connectivity index (χ3v) is 3.22. The van der Waals surface area contributed by atoms with Crippen molar-refractivity contribution >= 4 is 6.41 Å². The molecule has 0 aliphatic carbocycles. The highest BCUT2D eigenvalue weighted by atomic mass is 19.1. The number of amides is 1. The molecular weight excluding hydrogens is 205 g/mol. The van der Waals surface area contributed by atoms with Crippen LogP contribution < -0.4 is 5.32 Å². The van der Waals surface area contributed by atoms with E-state index in [1.807, 2.05) is 20.8 Å². The number of halogens is 1. The van der Waals surface area contributed by atoms with Crippen molar-refractivity contribution in [1.29, 1.82) is 0 Å². The molecule has 0 heterocycles. The summed E-state index contributed by atoms with van der Waals surface area (Å²) >= 11 is 0. The Morgan fingerprint density at radius 2 is 1.94 bits per heavy atom. The van der Waals surface area contributed by atoms with E-state index in [2.05, 4.69) is 5.32 Å². The predicted octanol–water partition coefficient (Wildman–Crippen LogP) is 2.83. The highest BCUT2D eigenvalue weighted by molar-refractivity contribution is 5.50. The minimum Gasteiger partial charge on any atom is -0.349 e. The Labute approximate surface area is 95.9 Å². The van der Waals surface area contributed by atoms with Crippen molar-refractivity contribution in [3.05, 3.63) is 35.6 Å². The topological polar surface area (TPSA) is 29.1 Å². The lowest BCUT2D eigenvalue weighted by Gasteiger charge is -2.37. The summed E-state index contributed by atoms with van der Waals surface area (Å²) in [5, 5.41) is 2.88. The lowest BCUT2D eigenvalue weighted by Crippen LogP contribution is -2.45. The molecule has 0 aliphatic rings. The van der Waals surface area contributed by atoms with E-state index in [1.165, 1.54) is 12.1 Å². The zero-order chi connectivity index (χ0) is 12.2. The van der Waals surface area contributed by atoms with Gasteiger partial charge in [-0.15, -0.1) is 0 Å².